The summed E-state index contributed by atoms with van der Waals surface area (Å²) in [4.78, 5) is 10.7. The Morgan fingerprint density at radius 2 is 2.29 bits per heavy atom. The fourth-order valence-electron chi connectivity index (χ4n) is 1.37. The van der Waals surface area contributed by atoms with Crippen molar-refractivity contribution < 1.29 is 14.4 Å². The fourth-order valence-corrected chi connectivity index (χ4v) is 1.37. The Bertz CT molecular complexity index is 523. The van der Waals surface area contributed by atoms with Gasteiger partial charge in [-0.2, -0.15) is 0 Å². The third-order valence-electron chi connectivity index (χ3n) is 2.25. The summed E-state index contributed by atoms with van der Waals surface area (Å²) in [5, 5.41) is 15.6. The minimum atomic E-state index is -1.00. The van der Waals surface area contributed by atoms with Crippen LogP contribution in [0.1, 0.15) is 16.1 Å². The summed E-state index contributed by atoms with van der Waals surface area (Å²) < 4.78 is 4.68. The summed E-state index contributed by atoms with van der Waals surface area (Å²) in [6.45, 7) is 0.465. The van der Waals surface area contributed by atoms with Gasteiger partial charge in [0.15, 0.2) is 0 Å². The van der Waals surface area contributed by atoms with Crippen LogP contribution in [0.25, 0.3) is 0 Å². The van der Waals surface area contributed by atoms with Crippen molar-refractivity contribution in [1.82, 2.24) is 5.16 Å². The van der Waals surface area contributed by atoms with Crippen LogP contribution >= 0.6 is 0 Å². The van der Waals surface area contributed by atoms with E-state index in [1.165, 1.54) is 18.4 Å². The van der Waals surface area contributed by atoms with Gasteiger partial charge < -0.3 is 20.7 Å². The van der Waals surface area contributed by atoms with E-state index >= 15 is 0 Å². The molecule has 0 aliphatic heterocycles. The predicted octanol–water partition coefficient (Wildman–Crippen LogP) is 1.57. The van der Waals surface area contributed by atoms with Crippen LogP contribution in [-0.2, 0) is 6.54 Å². The average Bonchev–Trinajstić information content (AvgIpc) is 2.80. The summed E-state index contributed by atoms with van der Waals surface area (Å²) in [6.07, 6.45) is 1.48. The first-order valence-electron chi connectivity index (χ1n) is 4.93. The highest BCUT2D eigenvalue weighted by atomic mass is 16.5. The number of benzene rings is 1. The smallest absolute Gasteiger partial charge is 0.335 e. The van der Waals surface area contributed by atoms with Crippen molar-refractivity contribution in [3.63, 3.8) is 0 Å². The number of carboxylic acid groups (broad SMARTS) is 1. The number of nitrogen functional groups attached to an aromatic ring is 1. The lowest BCUT2D eigenvalue weighted by Crippen LogP contribution is -2.04. The molecule has 6 nitrogen and oxygen atoms in total. The zero-order chi connectivity index (χ0) is 12.3. The lowest BCUT2D eigenvalue weighted by atomic mass is 10.1. The minimum absolute atomic E-state index is 0.162. The molecule has 0 spiro atoms. The topological polar surface area (TPSA) is 101 Å². The zero-order valence-electron chi connectivity index (χ0n) is 8.88. The van der Waals surface area contributed by atoms with Gasteiger partial charge in [-0.3, -0.25) is 0 Å². The third kappa shape index (κ3) is 2.54. The molecule has 0 saturated heterocycles. The van der Waals surface area contributed by atoms with Gasteiger partial charge in [0.05, 0.1) is 23.5 Å². The molecule has 1 heterocycles. The van der Waals surface area contributed by atoms with Crippen molar-refractivity contribution in [1.29, 1.82) is 0 Å². The summed E-state index contributed by atoms with van der Waals surface area (Å²) >= 11 is 0. The van der Waals surface area contributed by atoms with Crippen LogP contribution < -0.4 is 11.1 Å². The SMILES string of the molecule is Nc1cc(C(=O)O)ccc1NCc1ccon1. The number of carboxylic acids is 1. The first-order valence-corrected chi connectivity index (χ1v) is 4.93. The number of hydrogen-bond acceptors (Lipinski definition) is 5. The molecule has 17 heavy (non-hydrogen) atoms. The molecule has 88 valence electrons. The molecule has 1 aromatic carbocycles. The number of anilines is 2. The molecule has 2 aromatic rings. The quantitative estimate of drug-likeness (QED) is 0.693. The first-order chi connectivity index (χ1) is 8.16. The van der Waals surface area contributed by atoms with Gasteiger partial charge in [0, 0.05) is 6.07 Å². The summed E-state index contributed by atoms with van der Waals surface area (Å²) in [5.74, 6) is -1.00. The first kappa shape index (κ1) is 11.0. The van der Waals surface area contributed by atoms with Gasteiger partial charge in [-0.05, 0) is 18.2 Å². The number of aromatic nitrogens is 1. The third-order valence-corrected chi connectivity index (χ3v) is 2.25. The number of aromatic carboxylic acids is 1. The maximum Gasteiger partial charge on any atom is 0.335 e. The second-order valence-corrected chi connectivity index (χ2v) is 3.45. The Labute approximate surface area is 97.0 Å². The molecule has 0 amide bonds. The second-order valence-electron chi connectivity index (χ2n) is 3.45. The maximum absolute atomic E-state index is 10.7. The van der Waals surface area contributed by atoms with Crippen LogP contribution in [0.3, 0.4) is 0 Å². The number of carbonyl (C=O) groups is 1. The molecular weight excluding hydrogens is 222 g/mol. The zero-order valence-corrected chi connectivity index (χ0v) is 8.88. The Balaban J connectivity index is 2.09. The summed E-state index contributed by atoms with van der Waals surface area (Å²) in [7, 11) is 0. The lowest BCUT2D eigenvalue weighted by molar-refractivity contribution is 0.0697. The van der Waals surface area contributed by atoms with Crippen molar-refractivity contribution in [2.45, 2.75) is 6.54 Å². The van der Waals surface area contributed by atoms with Crippen LogP contribution in [0.5, 0.6) is 0 Å². The lowest BCUT2D eigenvalue weighted by Gasteiger charge is -2.08. The van der Waals surface area contributed by atoms with E-state index in [0.29, 0.717) is 17.9 Å². The van der Waals surface area contributed by atoms with Crippen LogP contribution in [0.2, 0.25) is 0 Å². The average molecular weight is 233 g/mol. The van der Waals surface area contributed by atoms with Gasteiger partial charge in [-0.1, -0.05) is 5.16 Å². The number of nitrogens with one attached hydrogen (secondary N) is 1. The van der Waals surface area contributed by atoms with E-state index in [1.807, 2.05) is 0 Å². The van der Waals surface area contributed by atoms with E-state index < -0.39 is 5.97 Å². The Kier molecular flexibility index (Phi) is 2.95. The largest absolute Gasteiger partial charge is 0.478 e. The van der Waals surface area contributed by atoms with Crippen molar-refractivity contribution in [2.75, 3.05) is 11.1 Å². The second kappa shape index (κ2) is 4.56. The van der Waals surface area contributed by atoms with Crippen LogP contribution in [-0.4, -0.2) is 16.2 Å². The number of rotatable bonds is 4. The van der Waals surface area contributed by atoms with Gasteiger partial charge >= 0.3 is 5.97 Å². The summed E-state index contributed by atoms with van der Waals surface area (Å²) in [5.41, 5.74) is 7.68. The fraction of sp³-hybridized carbons (Fsp3) is 0.0909. The molecular formula is C11H11N3O3. The molecule has 0 saturated carbocycles. The van der Waals surface area contributed by atoms with Crippen LogP contribution in [0, 0.1) is 0 Å². The maximum atomic E-state index is 10.7. The van der Waals surface area contributed by atoms with Gasteiger partial charge in [0.25, 0.3) is 0 Å². The van der Waals surface area contributed by atoms with E-state index in [4.69, 9.17) is 10.8 Å². The number of nitrogens with two attached hydrogens (primary N) is 1. The van der Waals surface area contributed by atoms with Gasteiger partial charge in [0.1, 0.15) is 12.0 Å². The Hall–Kier alpha value is -2.50. The van der Waals surface area contributed by atoms with Crippen molar-refractivity contribution in [2.24, 2.45) is 0 Å². The summed E-state index contributed by atoms with van der Waals surface area (Å²) in [6, 6.07) is 6.25. The minimum Gasteiger partial charge on any atom is -0.478 e. The van der Waals surface area contributed by atoms with E-state index in [9.17, 15) is 4.79 Å². The highest BCUT2D eigenvalue weighted by molar-refractivity contribution is 5.90. The Morgan fingerprint density at radius 3 is 2.88 bits per heavy atom. The van der Waals surface area contributed by atoms with E-state index in [1.54, 1.807) is 12.1 Å². The predicted molar refractivity (Wildman–Crippen MR) is 61.6 cm³/mol. The molecule has 0 unspecified atom stereocenters. The normalized spacial score (nSPS) is 10.1. The molecule has 1 aromatic heterocycles. The monoisotopic (exact) mass is 233 g/mol. The molecule has 6 heteroatoms. The van der Waals surface area contributed by atoms with Crippen molar-refractivity contribution in [3.05, 3.63) is 41.8 Å². The molecule has 0 aliphatic rings. The standard InChI is InChI=1S/C11H11N3O3/c12-9-5-7(11(15)16)1-2-10(9)13-6-8-3-4-17-14-8/h1-5,13H,6,12H2,(H,15,16). The van der Waals surface area contributed by atoms with Crippen LogP contribution in [0.15, 0.2) is 35.1 Å². The molecule has 0 aliphatic carbocycles. The molecule has 4 N–H and O–H groups in total. The molecule has 2 rings (SSSR count). The van der Waals surface area contributed by atoms with Gasteiger partial charge in [-0.25, -0.2) is 4.79 Å². The van der Waals surface area contributed by atoms with Crippen LogP contribution in [0.4, 0.5) is 11.4 Å². The van der Waals surface area contributed by atoms with Gasteiger partial charge in [-0.15, -0.1) is 0 Å². The molecule has 0 atom stereocenters. The van der Waals surface area contributed by atoms with E-state index in [-0.39, 0.29) is 5.56 Å². The highest BCUT2D eigenvalue weighted by Gasteiger charge is 2.06. The van der Waals surface area contributed by atoms with E-state index in [2.05, 4.69) is 15.0 Å². The molecule has 0 radical (unpaired) electrons. The van der Waals surface area contributed by atoms with Gasteiger partial charge in [0.2, 0.25) is 0 Å². The highest BCUT2D eigenvalue weighted by Crippen LogP contribution is 2.20. The molecule has 0 fully saturated rings. The number of hydrogen-bond donors (Lipinski definition) is 3. The Morgan fingerprint density at radius 1 is 1.47 bits per heavy atom. The van der Waals surface area contributed by atoms with E-state index in [0.717, 1.165) is 5.69 Å². The van der Waals surface area contributed by atoms with Crippen molar-refractivity contribution >= 4 is 17.3 Å². The molecule has 0 bridgehead atoms. The van der Waals surface area contributed by atoms with Crippen molar-refractivity contribution in [3.8, 4) is 0 Å². The number of nitrogens with zero attached hydrogens (tertiary/aromatic N) is 1.